The Bertz CT molecular complexity index is 779. The fourth-order valence-corrected chi connectivity index (χ4v) is 2.30. The minimum absolute atomic E-state index is 0.0141. The van der Waals surface area contributed by atoms with Gasteiger partial charge < -0.3 is 10.2 Å². The van der Waals surface area contributed by atoms with Crippen molar-refractivity contribution >= 4 is 35.6 Å². The summed E-state index contributed by atoms with van der Waals surface area (Å²) in [6.07, 6.45) is 0.909. The zero-order valence-corrected chi connectivity index (χ0v) is 15.3. The molecular formula is C18H20N2O8. The molecule has 0 saturated carbocycles. The third-order valence-electron chi connectivity index (χ3n) is 3.57. The van der Waals surface area contributed by atoms with Crippen LogP contribution in [0, 0.1) is 0 Å². The molecular weight excluding hydrogens is 372 g/mol. The summed E-state index contributed by atoms with van der Waals surface area (Å²) < 4.78 is 0. The van der Waals surface area contributed by atoms with Crippen molar-refractivity contribution < 1.29 is 39.0 Å². The second-order valence-electron chi connectivity index (χ2n) is 5.81. The van der Waals surface area contributed by atoms with Crippen LogP contribution in [0.4, 0.5) is 0 Å². The predicted octanol–water partition coefficient (Wildman–Crippen LogP) is 1.20. The molecule has 150 valence electrons. The van der Waals surface area contributed by atoms with Crippen molar-refractivity contribution in [3.05, 3.63) is 34.4 Å². The summed E-state index contributed by atoms with van der Waals surface area (Å²) in [5.41, 5.74) is -2.55. The van der Waals surface area contributed by atoms with Gasteiger partial charge in [-0.05, 0) is 25.0 Å². The van der Waals surface area contributed by atoms with E-state index in [0.29, 0.717) is 18.9 Å². The lowest BCUT2D eigenvalue weighted by Crippen LogP contribution is -2.34. The van der Waals surface area contributed by atoms with Gasteiger partial charge in [-0.1, -0.05) is 13.8 Å². The normalized spacial score (nSPS) is 10.1. The van der Waals surface area contributed by atoms with E-state index in [1.54, 1.807) is 13.8 Å². The first kappa shape index (κ1) is 22.5. The number of hydrogen-bond acceptors (Lipinski definition) is 6. The van der Waals surface area contributed by atoms with E-state index in [2.05, 4.69) is 0 Å². The average molecular weight is 392 g/mol. The number of imide groups is 2. The molecule has 10 nitrogen and oxygen atoms in total. The van der Waals surface area contributed by atoms with Gasteiger partial charge in [-0.3, -0.25) is 29.8 Å². The zero-order chi connectivity index (χ0) is 21.4. The van der Waals surface area contributed by atoms with Crippen molar-refractivity contribution in [1.82, 2.24) is 10.6 Å². The fraction of sp³-hybridized carbons (Fsp3) is 0.333. The molecule has 0 aliphatic heterocycles. The number of rotatable bonds is 8. The Morgan fingerprint density at radius 3 is 1.29 bits per heavy atom. The average Bonchev–Trinajstić information content (AvgIpc) is 2.60. The number of benzene rings is 1. The van der Waals surface area contributed by atoms with Crippen LogP contribution in [0.5, 0.6) is 0 Å². The van der Waals surface area contributed by atoms with E-state index in [-0.39, 0.29) is 12.8 Å². The van der Waals surface area contributed by atoms with Crippen LogP contribution in [0.3, 0.4) is 0 Å². The van der Waals surface area contributed by atoms with E-state index < -0.39 is 57.8 Å². The number of carboxylic acids is 2. The van der Waals surface area contributed by atoms with Gasteiger partial charge in [0, 0.05) is 12.8 Å². The predicted molar refractivity (Wildman–Crippen MR) is 95.1 cm³/mol. The molecule has 1 aromatic carbocycles. The Hall–Kier alpha value is -3.56. The fourth-order valence-electron chi connectivity index (χ4n) is 2.30. The van der Waals surface area contributed by atoms with Gasteiger partial charge in [-0.15, -0.1) is 0 Å². The van der Waals surface area contributed by atoms with Gasteiger partial charge in [0.1, 0.15) is 0 Å². The second-order valence-corrected chi connectivity index (χ2v) is 5.81. The summed E-state index contributed by atoms with van der Waals surface area (Å²) >= 11 is 0. The summed E-state index contributed by atoms with van der Waals surface area (Å²) in [6.45, 7) is 3.40. The van der Waals surface area contributed by atoms with E-state index in [4.69, 9.17) is 0 Å². The van der Waals surface area contributed by atoms with Crippen LogP contribution in [0.25, 0.3) is 0 Å². The molecule has 0 fully saturated rings. The van der Waals surface area contributed by atoms with Crippen LogP contribution in [-0.4, -0.2) is 45.8 Å². The molecule has 1 aromatic rings. The van der Waals surface area contributed by atoms with Gasteiger partial charge in [0.05, 0.1) is 22.3 Å². The van der Waals surface area contributed by atoms with Crippen molar-refractivity contribution in [3.8, 4) is 0 Å². The first-order chi connectivity index (χ1) is 13.1. The van der Waals surface area contributed by atoms with Crippen molar-refractivity contribution in [3.63, 3.8) is 0 Å². The number of carboxylic acid groups (broad SMARTS) is 2. The lowest BCUT2D eigenvalue weighted by atomic mass is 9.96. The molecule has 0 aromatic heterocycles. The molecule has 10 heteroatoms. The van der Waals surface area contributed by atoms with Crippen LogP contribution in [0.1, 0.15) is 81.0 Å². The van der Waals surface area contributed by atoms with Crippen molar-refractivity contribution in [2.24, 2.45) is 0 Å². The Balaban J connectivity index is 3.46. The van der Waals surface area contributed by atoms with Gasteiger partial charge in [0.2, 0.25) is 11.8 Å². The maximum atomic E-state index is 12.3. The van der Waals surface area contributed by atoms with Crippen LogP contribution in [0.2, 0.25) is 0 Å². The smallest absolute Gasteiger partial charge is 0.336 e. The third kappa shape index (κ3) is 5.73. The maximum absolute atomic E-state index is 12.3. The van der Waals surface area contributed by atoms with Crippen LogP contribution in [0.15, 0.2) is 12.1 Å². The minimum Gasteiger partial charge on any atom is -0.478 e. The van der Waals surface area contributed by atoms with Crippen molar-refractivity contribution in [1.29, 1.82) is 0 Å². The highest BCUT2D eigenvalue weighted by Crippen LogP contribution is 2.19. The molecule has 0 aliphatic carbocycles. The van der Waals surface area contributed by atoms with Gasteiger partial charge in [0.25, 0.3) is 11.8 Å². The molecule has 1 rings (SSSR count). The quantitative estimate of drug-likeness (QED) is 0.512. The van der Waals surface area contributed by atoms with Crippen molar-refractivity contribution in [2.75, 3.05) is 0 Å². The van der Waals surface area contributed by atoms with Gasteiger partial charge >= 0.3 is 11.9 Å². The van der Waals surface area contributed by atoms with Crippen LogP contribution in [-0.2, 0) is 9.59 Å². The van der Waals surface area contributed by atoms with Crippen LogP contribution >= 0.6 is 0 Å². The monoisotopic (exact) mass is 392 g/mol. The number of hydrogen-bond donors (Lipinski definition) is 4. The van der Waals surface area contributed by atoms with E-state index in [1.165, 1.54) is 0 Å². The third-order valence-corrected chi connectivity index (χ3v) is 3.57. The lowest BCUT2D eigenvalue weighted by Gasteiger charge is -2.12. The summed E-state index contributed by atoms with van der Waals surface area (Å²) in [6, 6.07) is 1.39. The Morgan fingerprint density at radius 1 is 0.679 bits per heavy atom. The SMILES string of the molecule is CCCC(=O)NC(=O)c1cc(C(=O)NC(=O)CCC)c(C(=O)O)cc1C(=O)O. The van der Waals surface area contributed by atoms with Gasteiger partial charge in [-0.2, -0.15) is 0 Å². The summed E-state index contributed by atoms with van der Waals surface area (Å²) in [5, 5.41) is 22.5. The van der Waals surface area contributed by atoms with Crippen molar-refractivity contribution in [2.45, 2.75) is 39.5 Å². The number of amides is 4. The number of carbonyl (C=O) groups is 6. The van der Waals surface area contributed by atoms with Gasteiger partial charge in [0.15, 0.2) is 0 Å². The van der Waals surface area contributed by atoms with Gasteiger partial charge in [-0.25, -0.2) is 9.59 Å². The molecule has 0 heterocycles. The first-order valence-electron chi connectivity index (χ1n) is 8.45. The molecule has 4 N–H and O–H groups in total. The number of nitrogens with one attached hydrogen (secondary N) is 2. The maximum Gasteiger partial charge on any atom is 0.336 e. The van der Waals surface area contributed by atoms with E-state index in [0.717, 1.165) is 6.07 Å². The highest BCUT2D eigenvalue weighted by Gasteiger charge is 2.26. The highest BCUT2D eigenvalue weighted by atomic mass is 16.4. The molecule has 0 aliphatic rings. The van der Waals surface area contributed by atoms with Crippen LogP contribution < -0.4 is 10.6 Å². The Labute approximate surface area is 159 Å². The van der Waals surface area contributed by atoms with E-state index in [1.807, 2.05) is 10.6 Å². The molecule has 0 unspecified atom stereocenters. The first-order valence-corrected chi connectivity index (χ1v) is 8.45. The minimum atomic E-state index is -1.62. The topological polar surface area (TPSA) is 167 Å². The summed E-state index contributed by atoms with van der Waals surface area (Å²) in [4.78, 5) is 70.7. The molecule has 0 atom stereocenters. The number of carbonyl (C=O) groups excluding carboxylic acids is 4. The van der Waals surface area contributed by atoms with E-state index >= 15 is 0 Å². The lowest BCUT2D eigenvalue weighted by molar-refractivity contribution is -0.121. The molecule has 0 spiro atoms. The molecule has 28 heavy (non-hydrogen) atoms. The summed E-state index contributed by atoms with van der Waals surface area (Å²) in [5.74, 6) is -6.75. The standard InChI is InChI=1S/C18H20N2O8/c1-3-5-13(21)19-15(23)9-7-10(16(24)20-14(22)6-4-2)12(18(27)28)8-11(9)17(25)26/h7-8H,3-6H2,1-2H3,(H,25,26)(H,27,28)(H,19,21,23)(H,20,22,24). The molecule has 0 saturated heterocycles. The Kier molecular flexibility index (Phi) is 7.99. The van der Waals surface area contributed by atoms with E-state index in [9.17, 15) is 39.0 Å². The number of aromatic carboxylic acids is 2. The summed E-state index contributed by atoms with van der Waals surface area (Å²) in [7, 11) is 0. The molecule has 4 amide bonds. The second kappa shape index (κ2) is 9.95. The molecule has 0 bridgehead atoms. The largest absolute Gasteiger partial charge is 0.478 e. The Morgan fingerprint density at radius 2 is 1.00 bits per heavy atom. The molecule has 0 radical (unpaired) electrons. The highest BCUT2D eigenvalue weighted by molar-refractivity contribution is 6.16. The zero-order valence-electron chi connectivity index (χ0n) is 15.3.